The normalized spacial score (nSPS) is 15.7. The third-order valence-corrected chi connectivity index (χ3v) is 6.84. The van der Waals surface area contributed by atoms with Crippen LogP contribution >= 0.6 is 23.2 Å². The number of benzene rings is 2. The van der Waals surface area contributed by atoms with E-state index in [1.54, 1.807) is 6.07 Å². The Morgan fingerprint density at radius 2 is 1.87 bits per heavy atom. The van der Waals surface area contributed by atoms with Crippen LogP contribution in [0.1, 0.15) is 60.9 Å². The first kappa shape index (κ1) is 21.9. The number of carboxylic acids is 1. The van der Waals surface area contributed by atoms with Crippen LogP contribution in [0.2, 0.25) is 10.0 Å². The van der Waals surface area contributed by atoms with Crippen LogP contribution in [0.25, 0.3) is 11.3 Å². The standard InChI is InChI=1S/C25H26Cl2N2O2/c1-16-6-5-7-17(12-16)21(25(30)31)14-20-15-24(18-10-11-22(26)23(27)13-18)28-29(20)19-8-3-2-4-9-19/h5-7,10-13,15,19,21H,2-4,8-9,14H2,1H3,(H,30,31). The van der Waals surface area contributed by atoms with Crippen molar-refractivity contribution in [3.05, 3.63) is 75.4 Å². The predicted molar refractivity (Wildman–Crippen MR) is 125 cm³/mol. The Hall–Kier alpha value is -2.30. The zero-order valence-electron chi connectivity index (χ0n) is 17.5. The maximum atomic E-state index is 12.2. The summed E-state index contributed by atoms with van der Waals surface area (Å²) in [6, 6.07) is 15.6. The number of rotatable bonds is 6. The van der Waals surface area contributed by atoms with Crippen LogP contribution in [-0.4, -0.2) is 20.9 Å². The monoisotopic (exact) mass is 456 g/mol. The van der Waals surface area contributed by atoms with Gasteiger partial charge >= 0.3 is 5.97 Å². The summed E-state index contributed by atoms with van der Waals surface area (Å²) in [7, 11) is 0. The van der Waals surface area contributed by atoms with E-state index in [1.165, 1.54) is 19.3 Å². The fourth-order valence-corrected chi connectivity index (χ4v) is 4.77. The van der Waals surface area contributed by atoms with Crippen LogP contribution in [0.5, 0.6) is 0 Å². The maximum absolute atomic E-state index is 12.2. The van der Waals surface area contributed by atoms with Crippen molar-refractivity contribution in [1.29, 1.82) is 0 Å². The molecule has 1 fully saturated rings. The largest absolute Gasteiger partial charge is 0.481 e. The Morgan fingerprint density at radius 1 is 1.10 bits per heavy atom. The van der Waals surface area contributed by atoms with E-state index in [0.717, 1.165) is 40.9 Å². The molecule has 1 aliphatic carbocycles. The third-order valence-electron chi connectivity index (χ3n) is 6.10. The molecular weight excluding hydrogens is 431 g/mol. The summed E-state index contributed by atoms with van der Waals surface area (Å²) in [5, 5.41) is 15.9. The number of nitrogens with zero attached hydrogens (tertiary/aromatic N) is 2. The van der Waals surface area contributed by atoms with E-state index in [0.29, 0.717) is 22.5 Å². The van der Waals surface area contributed by atoms with Gasteiger partial charge in [0.15, 0.2) is 0 Å². The molecule has 3 aromatic rings. The average molecular weight is 457 g/mol. The molecule has 0 radical (unpaired) electrons. The minimum atomic E-state index is -0.821. The zero-order valence-corrected chi connectivity index (χ0v) is 19.0. The summed E-state index contributed by atoms with van der Waals surface area (Å²) >= 11 is 12.3. The van der Waals surface area contributed by atoms with Gasteiger partial charge in [0.25, 0.3) is 0 Å². The van der Waals surface area contributed by atoms with Gasteiger partial charge < -0.3 is 5.11 Å². The number of carbonyl (C=O) groups is 1. The van der Waals surface area contributed by atoms with Crippen LogP contribution in [0.3, 0.4) is 0 Å². The van der Waals surface area contributed by atoms with Gasteiger partial charge in [0.2, 0.25) is 0 Å². The number of carboxylic acid groups (broad SMARTS) is 1. The van der Waals surface area contributed by atoms with Gasteiger partial charge in [0.1, 0.15) is 0 Å². The summed E-state index contributed by atoms with van der Waals surface area (Å²) in [5.41, 5.74) is 4.50. The Labute approximate surface area is 192 Å². The van der Waals surface area contributed by atoms with Crippen LogP contribution in [0.4, 0.5) is 0 Å². The van der Waals surface area contributed by atoms with E-state index in [9.17, 15) is 9.90 Å². The van der Waals surface area contributed by atoms with Gasteiger partial charge in [-0.1, -0.05) is 78.4 Å². The summed E-state index contributed by atoms with van der Waals surface area (Å²) < 4.78 is 2.07. The fourth-order valence-electron chi connectivity index (χ4n) is 4.47. The molecule has 0 aliphatic heterocycles. The highest BCUT2D eigenvalue weighted by molar-refractivity contribution is 6.42. The van der Waals surface area contributed by atoms with Gasteiger partial charge in [-0.15, -0.1) is 0 Å². The highest BCUT2D eigenvalue weighted by atomic mass is 35.5. The molecule has 0 spiro atoms. The smallest absolute Gasteiger partial charge is 0.311 e. The highest BCUT2D eigenvalue weighted by Gasteiger charge is 2.26. The number of hydrogen-bond acceptors (Lipinski definition) is 2. The second-order valence-corrected chi connectivity index (χ2v) is 9.21. The lowest BCUT2D eigenvalue weighted by molar-refractivity contribution is -0.138. The quantitative estimate of drug-likeness (QED) is 0.430. The summed E-state index contributed by atoms with van der Waals surface area (Å²) in [5.74, 6) is -1.45. The lowest BCUT2D eigenvalue weighted by atomic mass is 9.91. The van der Waals surface area contributed by atoms with Crippen molar-refractivity contribution in [2.24, 2.45) is 0 Å². The molecule has 1 N–H and O–H groups in total. The van der Waals surface area contributed by atoms with Crippen molar-refractivity contribution < 1.29 is 9.90 Å². The molecule has 0 amide bonds. The topological polar surface area (TPSA) is 55.1 Å². The van der Waals surface area contributed by atoms with Crippen molar-refractivity contribution >= 4 is 29.2 Å². The van der Waals surface area contributed by atoms with Crippen molar-refractivity contribution in [1.82, 2.24) is 9.78 Å². The molecule has 1 unspecified atom stereocenters. The van der Waals surface area contributed by atoms with Crippen molar-refractivity contribution in [3.8, 4) is 11.3 Å². The number of hydrogen-bond donors (Lipinski definition) is 1. The third kappa shape index (κ3) is 4.97. The van der Waals surface area contributed by atoms with Crippen molar-refractivity contribution in [3.63, 3.8) is 0 Å². The van der Waals surface area contributed by atoms with Crippen LogP contribution < -0.4 is 0 Å². The molecule has 1 heterocycles. The molecule has 1 saturated carbocycles. The van der Waals surface area contributed by atoms with Crippen molar-refractivity contribution in [2.75, 3.05) is 0 Å². The number of halogens is 2. The first-order valence-corrected chi connectivity index (χ1v) is 11.5. The molecule has 162 valence electrons. The Bertz CT molecular complexity index is 1090. The van der Waals surface area contributed by atoms with Gasteiger partial charge in [-0.05, 0) is 43.5 Å². The molecule has 0 bridgehead atoms. The summed E-state index contributed by atoms with van der Waals surface area (Å²) in [4.78, 5) is 12.2. The average Bonchev–Trinajstić information content (AvgIpc) is 3.18. The highest BCUT2D eigenvalue weighted by Crippen LogP contribution is 2.34. The molecule has 4 rings (SSSR count). The number of aliphatic carboxylic acids is 1. The van der Waals surface area contributed by atoms with Crippen LogP contribution in [-0.2, 0) is 11.2 Å². The molecule has 1 aliphatic rings. The van der Waals surface area contributed by atoms with Crippen LogP contribution in [0.15, 0.2) is 48.5 Å². The molecule has 31 heavy (non-hydrogen) atoms. The van der Waals surface area contributed by atoms with Gasteiger partial charge in [-0.25, -0.2) is 0 Å². The lowest BCUT2D eigenvalue weighted by Crippen LogP contribution is -2.20. The Kier molecular flexibility index (Phi) is 6.68. The van der Waals surface area contributed by atoms with Crippen LogP contribution in [0, 0.1) is 6.92 Å². The van der Waals surface area contributed by atoms with E-state index in [-0.39, 0.29) is 0 Å². The number of aromatic nitrogens is 2. The summed E-state index contributed by atoms with van der Waals surface area (Å²) in [6.45, 7) is 1.98. The van der Waals surface area contributed by atoms with E-state index in [1.807, 2.05) is 49.4 Å². The van der Waals surface area contributed by atoms with E-state index < -0.39 is 11.9 Å². The molecule has 1 aromatic heterocycles. The molecule has 1 atom stereocenters. The first-order valence-electron chi connectivity index (χ1n) is 10.8. The minimum Gasteiger partial charge on any atom is -0.481 e. The lowest BCUT2D eigenvalue weighted by Gasteiger charge is -2.25. The molecule has 0 saturated heterocycles. The second-order valence-electron chi connectivity index (χ2n) is 8.40. The van der Waals surface area contributed by atoms with Crippen molar-refractivity contribution in [2.45, 2.75) is 57.4 Å². The Balaban J connectivity index is 1.74. The van der Waals surface area contributed by atoms with Gasteiger partial charge in [0, 0.05) is 17.7 Å². The SMILES string of the molecule is Cc1cccc(C(Cc2cc(-c3ccc(Cl)c(Cl)c3)nn2C2CCCCC2)C(=O)O)c1. The fraction of sp³-hybridized carbons (Fsp3) is 0.360. The molecule has 2 aromatic carbocycles. The predicted octanol–water partition coefficient (Wildman–Crippen LogP) is 7.08. The summed E-state index contributed by atoms with van der Waals surface area (Å²) in [6.07, 6.45) is 6.12. The maximum Gasteiger partial charge on any atom is 0.311 e. The zero-order chi connectivity index (χ0) is 22.0. The van der Waals surface area contributed by atoms with E-state index >= 15 is 0 Å². The van der Waals surface area contributed by atoms with E-state index in [2.05, 4.69) is 4.68 Å². The second kappa shape index (κ2) is 9.46. The molecular formula is C25H26Cl2N2O2. The molecule has 6 heteroatoms. The number of aryl methyl sites for hydroxylation is 1. The molecule has 4 nitrogen and oxygen atoms in total. The minimum absolute atomic E-state index is 0.298. The van der Waals surface area contributed by atoms with Gasteiger partial charge in [-0.3, -0.25) is 9.48 Å². The van der Waals surface area contributed by atoms with E-state index in [4.69, 9.17) is 28.3 Å². The first-order chi connectivity index (χ1) is 14.9. The Morgan fingerprint density at radius 3 is 2.55 bits per heavy atom. The van der Waals surface area contributed by atoms with Gasteiger partial charge in [0.05, 0.1) is 27.7 Å². The van der Waals surface area contributed by atoms with Gasteiger partial charge in [-0.2, -0.15) is 5.10 Å².